The summed E-state index contributed by atoms with van der Waals surface area (Å²) in [6, 6.07) is 13.1. The van der Waals surface area contributed by atoms with Gasteiger partial charge in [-0.15, -0.1) is 0 Å². The van der Waals surface area contributed by atoms with Crippen molar-refractivity contribution < 1.29 is 9.53 Å². The Kier molecular flexibility index (Phi) is 4.29. The zero-order valence-corrected chi connectivity index (χ0v) is 10.4. The highest BCUT2D eigenvalue weighted by atomic mass is 16.5. The number of aromatic nitrogens is 1. The molecule has 0 bridgehead atoms. The second-order valence-corrected chi connectivity index (χ2v) is 3.82. The first kappa shape index (κ1) is 12.8. The van der Waals surface area contributed by atoms with Crippen molar-refractivity contribution in [1.82, 2.24) is 10.3 Å². The topological polar surface area (TPSA) is 51.2 Å². The number of hydrogen-bond donors (Lipinski definition) is 1. The maximum absolute atomic E-state index is 11.0. The molecule has 0 aliphatic rings. The fraction of sp³-hybridized carbons (Fsp3) is 0.0667. The molecule has 96 valence electrons. The predicted octanol–water partition coefficient (Wildman–Crippen LogP) is 2.68. The second kappa shape index (κ2) is 6.35. The second-order valence-electron chi connectivity index (χ2n) is 3.82. The fourth-order valence-corrected chi connectivity index (χ4v) is 1.45. The lowest BCUT2D eigenvalue weighted by Gasteiger charge is -2.06. The standard InChI is InChI=1S/C15H14N2O2/c1-2-15(18)17-10-12-8-9-14(11-16-12)19-13-6-4-3-5-7-13/h2-9,11H,1,10H2,(H,17,18). The Labute approximate surface area is 111 Å². The third-order valence-corrected chi connectivity index (χ3v) is 2.41. The molecule has 0 saturated heterocycles. The van der Waals surface area contributed by atoms with Crippen LogP contribution in [-0.4, -0.2) is 10.9 Å². The molecule has 0 spiro atoms. The summed E-state index contributed by atoms with van der Waals surface area (Å²) in [4.78, 5) is 15.2. The summed E-state index contributed by atoms with van der Waals surface area (Å²) in [5.74, 6) is 1.20. The molecule has 1 aromatic carbocycles. The van der Waals surface area contributed by atoms with Crippen LogP contribution >= 0.6 is 0 Å². The van der Waals surface area contributed by atoms with Crippen LogP contribution < -0.4 is 10.1 Å². The highest BCUT2D eigenvalue weighted by Gasteiger charge is 2.00. The van der Waals surface area contributed by atoms with Gasteiger partial charge in [0.1, 0.15) is 11.5 Å². The molecule has 19 heavy (non-hydrogen) atoms. The first-order valence-electron chi connectivity index (χ1n) is 5.86. The summed E-state index contributed by atoms with van der Waals surface area (Å²) in [5.41, 5.74) is 0.760. The van der Waals surface area contributed by atoms with E-state index >= 15 is 0 Å². The van der Waals surface area contributed by atoms with Crippen LogP contribution in [0.1, 0.15) is 5.69 Å². The average Bonchev–Trinajstić information content (AvgIpc) is 2.47. The van der Waals surface area contributed by atoms with E-state index in [1.165, 1.54) is 6.08 Å². The van der Waals surface area contributed by atoms with Gasteiger partial charge in [-0.1, -0.05) is 24.8 Å². The largest absolute Gasteiger partial charge is 0.456 e. The maximum atomic E-state index is 11.0. The number of nitrogens with one attached hydrogen (secondary N) is 1. The molecule has 0 aliphatic carbocycles. The molecule has 2 rings (SSSR count). The summed E-state index contributed by atoms with van der Waals surface area (Å²) >= 11 is 0. The van der Waals surface area contributed by atoms with Gasteiger partial charge in [0, 0.05) is 0 Å². The van der Waals surface area contributed by atoms with Crippen LogP contribution in [0.25, 0.3) is 0 Å². The number of carbonyl (C=O) groups is 1. The summed E-state index contributed by atoms with van der Waals surface area (Å²) in [6.45, 7) is 3.75. The molecule has 4 nitrogen and oxygen atoms in total. The quantitative estimate of drug-likeness (QED) is 0.834. The van der Waals surface area contributed by atoms with Crippen LogP contribution in [-0.2, 0) is 11.3 Å². The van der Waals surface area contributed by atoms with Gasteiger partial charge in [0.25, 0.3) is 0 Å². The van der Waals surface area contributed by atoms with Gasteiger partial charge < -0.3 is 10.1 Å². The number of para-hydroxylation sites is 1. The minimum atomic E-state index is -0.216. The first-order valence-corrected chi connectivity index (χ1v) is 5.86. The Morgan fingerprint density at radius 3 is 2.63 bits per heavy atom. The minimum Gasteiger partial charge on any atom is -0.456 e. The van der Waals surface area contributed by atoms with Gasteiger partial charge in [0.15, 0.2) is 0 Å². The van der Waals surface area contributed by atoms with Crippen molar-refractivity contribution in [3.63, 3.8) is 0 Å². The van der Waals surface area contributed by atoms with Gasteiger partial charge in [-0.2, -0.15) is 0 Å². The molecule has 2 aromatic rings. The molecule has 1 N–H and O–H groups in total. The molecule has 1 aromatic heterocycles. The van der Waals surface area contributed by atoms with Gasteiger partial charge >= 0.3 is 0 Å². The number of rotatable bonds is 5. The molecular weight excluding hydrogens is 240 g/mol. The van der Waals surface area contributed by atoms with Crippen LogP contribution in [0.4, 0.5) is 0 Å². The van der Waals surface area contributed by atoms with Crippen LogP contribution in [0.5, 0.6) is 11.5 Å². The zero-order valence-electron chi connectivity index (χ0n) is 10.4. The Hall–Kier alpha value is -2.62. The van der Waals surface area contributed by atoms with Crippen molar-refractivity contribution in [3.05, 3.63) is 67.0 Å². The lowest BCUT2D eigenvalue weighted by Crippen LogP contribution is -2.20. The highest BCUT2D eigenvalue weighted by molar-refractivity contribution is 5.86. The van der Waals surface area contributed by atoms with Crippen molar-refractivity contribution in [2.24, 2.45) is 0 Å². The molecule has 1 heterocycles. The number of carbonyl (C=O) groups excluding carboxylic acids is 1. The van der Waals surface area contributed by atoms with E-state index in [0.29, 0.717) is 12.3 Å². The number of amides is 1. The number of pyridine rings is 1. The maximum Gasteiger partial charge on any atom is 0.243 e. The summed E-state index contributed by atoms with van der Waals surface area (Å²) < 4.78 is 5.61. The van der Waals surface area contributed by atoms with Crippen LogP contribution in [0.2, 0.25) is 0 Å². The van der Waals surface area contributed by atoms with E-state index in [2.05, 4.69) is 16.9 Å². The van der Waals surface area contributed by atoms with Gasteiger partial charge in [-0.25, -0.2) is 0 Å². The van der Waals surface area contributed by atoms with Gasteiger partial charge in [-0.3, -0.25) is 9.78 Å². The lowest BCUT2D eigenvalue weighted by atomic mass is 10.3. The summed E-state index contributed by atoms with van der Waals surface area (Å²) in [5, 5.41) is 2.66. The van der Waals surface area contributed by atoms with Crippen molar-refractivity contribution in [1.29, 1.82) is 0 Å². The summed E-state index contributed by atoms with van der Waals surface area (Å²) in [6.07, 6.45) is 2.86. The third kappa shape index (κ3) is 3.96. The van der Waals surface area contributed by atoms with Gasteiger partial charge in [0.2, 0.25) is 5.91 Å². The van der Waals surface area contributed by atoms with E-state index in [4.69, 9.17) is 4.74 Å². The minimum absolute atomic E-state index is 0.216. The Bertz CT molecular complexity index is 550. The Balaban J connectivity index is 1.95. The smallest absolute Gasteiger partial charge is 0.243 e. The van der Waals surface area contributed by atoms with E-state index in [1.807, 2.05) is 42.5 Å². The summed E-state index contributed by atoms with van der Waals surface area (Å²) in [7, 11) is 0. The number of benzene rings is 1. The Morgan fingerprint density at radius 1 is 1.21 bits per heavy atom. The van der Waals surface area contributed by atoms with Crippen LogP contribution in [0.3, 0.4) is 0 Å². The Morgan fingerprint density at radius 2 is 2.00 bits per heavy atom. The monoisotopic (exact) mass is 254 g/mol. The SMILES string of the molecule is C=CC(=O)NCc1ccc(Oc2ccccc2)cn1. The molecule has 0 atom stereocenters. The van der Waals surface area contributed by atoms with E-state index in [0.717, 1.165) is 11.4 Å². The zero-order chi connectivity index (χ0) is 13.5. The lowest BCUT2D eigenvalue weighted by molar-refractivity contribution is -0.116. The van der Waals surface area contributed by atoms with Crippen molar-refractivity contribution >= 4 is 5.91 Å². The van der Waals surface area contributed by atoms with E-state index in [1.54, 1.807) is 6.20 Å². The van der Waals surface area contributed by atoms with Gasteiger partial charge in [0.05, 0.1) is 18.4 Å². The normalized spacial score (nSPS) is 9.68. The molecular formula is C15H14N2O2. The van der Waals surface area contributed by atoms with E-state index in [-0.39, 0.29) is 5.91 Å². The molecule has 4 heteroatoms. The fourth-order valence-electron chi connectivity index (χ4n) is 1.45. The van der Waals surface area contributed by atoms with E-state index < -0.39 is 0 Å². The number of hydrogen-bond acceptors (Lipinski definition) is 3. The van der Waals surface area contributed by atoms with Crippen LogP contribution in [0.15, 0.2) is 61.3 Å². The van der Waals surface area contributed by atoms with Gasteiger partial charge in [-0.05, 0) is 30.3 Å². The molecule has 0 radical (unpaired) electrons. The van der Waals surface area contributed by atoms with Crippen LogP contribution in [0, 0.1) is 0 Å². The third-order valence-electron chi connectivity index (χ3n) is 2.41. The number of nitrogens with zero attached hydrogens (tertiary/aromatic N) is 1. The molecule has 1 amide bonds. The molecule has 0 unspecified atom stereocenters. The highest BCUT2D eigenvalue weighted by Crippen LogP contribution is 2.19. The number of ether oxygens (including phenoxy) is 1. The van der Waals surface area contributed by atoms with Crippen molar-refractivity contribution in [3.8, 4) is 11.5 Å². The average molecular weight is 254 g/mol. The van der Waals surface area contributed by atoms with Crippen molar-refractivity contribution in [2.45, 2.75) is 6.54 Å². The molecule has 0 aliphatic heterocycles. The first-order chi connectivity index (χ1) is 9.28. The van der Waals surface area contributed by atoms with Crippen molar-refractivity contribution in [2.75, 3.05) is 0 Å². The predicted molar refractivity (Wildman–Crippen MR) is 72.8 cm³/mol. The molecule has 0 fully saturated rings. The van der Waals surface area contributed by atoms with E-state index in [9.17, 15) is 4.79 Å². The molecule has 0 saturated carbocycles.